The van der Waals surface area contributed by atoms with Gasteiger partial charge in [0, 0.05) is 36.4 Å². The molecular formula is C18H18ClN3O3. The zero-order valence-corrected chi connectivity index (χ0v) is 14.3. The molecule has 1 unspecified atom stereocenters. The number of rotatable bonds is 5. The maximum Gasteiger partial charge on any atom is 0.283 e. The third-order valence-electron chi connectivity index (χ3n) is 4.36. The van der Waals surface area contributed by atoms with Crippen LogP contribution in [0.3, 0.4) is 0 Å². The molecular weight excluding hydrogens is 342 g/mol. The SMILES string of the molecule is O=C(NCC1CCN(c2ccccc2)C1)c1ccc(Cl)cc1[N+](=O)[O-]. The van der Waals surface area contributed by atoms with Crippen molar-refractivity contribution in [3.8, 4) is 0 Å². The van der Waals surface area contributed by atoms with Gasteiger partial charge in [0.2, 0.25) is 0 Å². The molecule has 1 saturated heterocycles. The van der Waals surface area contributed by atoms with Crippen LogP contribution in [0.2, 0.25) is 5.02 Å². The lowest BCUT2D eigenvalue weighted by molar-refractivity contribution is -0.385. The summed E-state index contributed by atoms with van der Waals surface area (Å²) in [4.78, 5) is 25.1. The van der Waals surface area contributed by atoms with Gasteiger partial charge in [-0.05, 0) is 36.6 Å². The van der Waals surface area contributed by atoms with E-state index in [2.05, 4.69) is 22.3 Å². The van der Waals surface area contributed by atoms with Crippen molar-refractivity contribution in [3.63, 3.8) is 0 Å². The van der Waals surface area contributed by atoms with E-state index < -0.39 is 10.8 Å². The minimum Gasteiger partial charge on any atom is -0.371 e. The first-order valence-corrected chi connectivity index (χ1v) is 8.44. The summed E-state index contributed by atoms with van der Waals surface area (Å²) in [6.45, 7) is 2.28. The van der Waals surface area contributed by atoms with E-state index in [4.69, 9.17) is 11.6 Å². The summed E-state index contributed by atoms with van der Waals surface area (Å²) in [6, 6.07) is 14.2. The number of nitrogens with zero attached hydrogens (tertiary/aromatic N) is 2. The molecule has 25 heavy (non-hydrogen) atoms. The summed E-state index contributed by atoms with van der Waals surface area (Å²) in [5.74, 6) is -0.128. The number of anilines is 1. The highest BCUT2D eigenvalue weighted by molar-refractivity contribution is 6.31. The van der Waals surface area contributed by atoms with Crippen molar-refractivity contribution >= 4 is 28.9 Å². The normalized spacial score (nSPS) is 16.7. The molecule has 2 aromatic carbocycles. The fourth-order valence-corrected chi connectivity index (χ4v) is 3.22. The van der Waals surface area contributed by atoms with Crippen molar-refractivity contribution in [1.82, 2.24) is 5.32 Å². The molecule has 3 rings (SSSR count). The van der Waals surface area contributed by atoms with E-state index in [-0.39, 0.29) is 16.3 Å². The van der Waals surface area contributed by atoms with Gasteiger partial charge in [-0.3, -0.25) is 14.9 Å². The zero-order chi connectivity index (χ0) is 17.8. The largest absolute Gasteiger partial charge is 0.371 e. The molecule has 0 bridgehead atoms. The Balaban J connectivity index is 1.59. The van der Waals surface area contributed by atoms with Gasteiger partial charge in [0.1, 0.15) is 5.56 Å². The van der Waals surface area contributed by atoms with Crippen LogP contribution in [0.25, 0.3) is 0 Å². The lowest BCUT2D eigenvalue weighted by Gasteiger charge is -2.18. The van der Waals surface area contributed by atoms with Gasteiger partial charge in [-0.1, -0.05) is 29.8 Å². The first-order valence-electron chi connectivity index (χ1n) is 8.06. The summed E-state index contributed by atoms with van der Waals surface area (Å²) >= 11 is 5.78. The molecule has 0 spiro atoms. The van der Waals surface area contributed by atoms with E-state index in [1.807, 2.05) is 18.2 Å². The lowest BCUT2D eigenvalue weighted by atomic mass is 10.1. The van der Waals surface area contributed by atoms with Crippen LogP contribution >= 0.6 is 11.6 Å². The van der Waals surface area contributed by atoms with Gasteiger partial charge in [-0.25, -0.2) is 0 Å². The third-order valence-corrected chi connectivity index (χ3v) is 4.59. The first kappa shape index (κ1) is 17.2. The second-order valence-electron chi connectivity index (χ2n) is 6.06. The summed E-state index contributed by atoms with van der Waals surface area (Å²) in [5, 5.41) is 14.1. The quantitative estimate of drug-likeness (QED) is 0.654. The molecule has 1 aliphatic rings. The van der Waals surface area contributed by atoms with Crippen LogP contribution in [0.1, 0.15) is 16.8 Å². The Bertz CT molecular complexity index is 782. The Morgan fingerprint density at radius 1 is 1.28 bits per heavy atom. The maximum absolute atomic E-state index is 12.3. The zero-order valence-electron chi connectivity index (χ0n) is 13.5. The molecule has 0 aromatic heterocycles. The van der Waals surface area contributed by atoms with Gasteiger partial charge in [0.15, 0.2) is 0 Å². The van der Waals surface area contributed by atoms with Gasteiger partial charge in [-0.2, -0.15) is 0 Å². The molecule has 1 fully saturated rings. The number of nitro groups is 1. The van der Waals surface area contributed by atoms with Crippen LogP contribution in [-0.4, -0.2) is 30.5 Å². The van der Waals surface area contributed by atoms with Crippen LogP contribution in [0.15, 0.2) is 48.5 Å². The van der Waals surface area contributed by atoms with E-state index in [0.29, 0.717) is 12.5 Å². The Morgan fingerprint density at radius 3 is 2.76 bits per heavy atom. The van der Waals surface area contributed by atoms with Crippen LogP contribution in [0.4, 0.5) is 11.4 Å². The highest BCUT2D eigenvalue weighted by Gasteiger charge is 2.25. The van der Waals surface area contributed by atoms with Crippen LogP contribution in [-0.2, 0) is 0 Å². The molecule has 1 aliphatic heterocycles. The number of amides is 1. The van der Waals surface area contributed by atoms with E-state index in [9.17, 15) is 14.9 Å². The number of nitrogens with one attached hydrogen (secondary N) is 1. The van der Waals surface area contributed by atoms with E-state index in [1.54, 1.807) is 0 Å². The fourth-order valence-electron chi connectivity index (χ4n) is 3.05. The van der Waals surface area contributed by atoms with E-state index in [1.165, 1.54) is 23.9 Å². The first-order chi connectivity index (χ1) is 12.0. The number of nitro benzene ring substituents is 1. The minimum atomic E-state index is -0.590. The van der Waals surface area contributed by atoms with Crippen molar-refractivity contribution in [3.05, 3.63) is 69.2 Å². The molecule has 1 N–H and O–H groups in total. The minimum absolute atomic E-state index is 0.0345. The second kappa shape index (κ2) is 7.53. The summed E-state index contributed by atoms with van der Waals surface area (Å²) < 4.78 is 0. The second-order valence-corrected chi connectivity index (χ2v) is 6.50. The molecule has 130 valence electrons. The number of carbonyl (C=O) groups excluding carboxylic acids is 1. The lowest BCUT2D eigenvalue weighted by Crippen LogP contribution is -2.31. The topological polar surface area (TPSA) is 75.5 Å². The van der Waals surface area contributed by atoms with Crippen LogP contribution in [0, 0.1) is 16.0 Å². The smallest absolute Gasteiger partial charge is 0.283 e. The summed E-state index contributed by atoms with van der Waals surface area (Å²) in [5.41, 5.74) is 0.930. The maximum atomic E-state index is 12.3. The monoisotopic (exact) mass is 359 g/mol. The molecule has 0 aliphatic carbocycles. The fraction of sp³-hybridized carbons (Fsp3) is 0.278. The van der Waals surface area contributed by atoms with Gasteiger partial charge >= 0.3 is 0 Å². The van der Waals surface area contributed by atoms with Crippen molar-refractivity contribution in [2.75, 3.05) is 24.5 Å². The predicted octanol–water partition coefficient (Wildman–Crippen LogP) is 3.50. The van der Waals surface area contributed by atoms with Gasteiger partial charge in [-0.15, -0.1) is 0 Å². The van der Waals surface area contributed by atoms with Gasteiger partial charge < -0.3 is 10.2 Å². The number of hydrogen-bond donors (Lipinski definition) is 1. The van der Waals surface area contributed by atoms with Crippen molar-refractivity contribution in [2.45, 2.75) is 6.42 Å². The number of hydrogen-bond acceptors (Lipinski definition) is 4. The Labute approximate surface area is 150 Å². The molecule has 1 heterocycles. The standard InChI is InChI=1S/C18H18ClN3O3/c19-14-6-7-16(17(10-14)22(24)25)18(23)20-11-13-8-9-21(12-13)15-4-2-1-3-5-15/h1-7,10,13H,8-9,11-12H2,(H,20,23). The average Bonchev–Trinajstić information content (AvgIpc) is 3.09. The Hall–Kier alpha value is -2.60. The Kier molecular flexibility index (Phi) is 5.19. The molecule has 7 heteroatoms. The molecule has 1 atom stereocenters. The van der Waals surface area contributed by atoms with Crippen molar-refractivity contribution in [2.24, 2.45) is 5.92 Å². The van der Waals surface area contributed by atoms with Crippen LogP contribution in [0.5, 0.6) is 0 Å². The number of carbonyl (C=O) groups is 1. The molecule has 6 nitrogen and oxygen atoms in total. The van der Waals surface area contributed by atoms with Gasteiger partial charge in [0.05, 0.1) is 4.92 Å². The van der Waals surface area contributed by atoms with E-state index >= 15 is 0 Å². The highest BCUT2D eigenvalue weighted by Crippen LogP contribution is 2.25. The predicted molar refractivity (Wildman–Crippen MR) is 97.2 cm³/mol. The molecule has 0 saturated carbocycles. The molecule has 0 radical (unpaired) electrons. The third kappa shape index (κ3) is 4.09. The van der Waals surface area contributed by atoms with Crippen molar-refractivity contribution < 1.29 is 9.72 Å². The Morgan fingerprint density at radius 2 is 2.04 bits per heavy atom. The number of halogens is 1. The molecule has 2 aromatic rings. The summed E-state index contributed by atoms with van der Waals surface area (Å²) in [7, 11) is 0. The van der Waals surface area contributed by atoms with Crippen molar-refractivity contribution in [1.29, 1.82) is 0 Å². The highest BCUT2D eigenvalue weighted by atomic mass is 35.5. The van der Waals surface area contributed by atoms with Crippen LogP contribution < -0.4 is 10.2 Å². The van der Waals surface area contributed by atoms with Gasteiger partial charge in [0.25, 0.3) is 11.6 Å². The number of para-hydroxylation sites is 1. The average molecular weight is 360 g/mol. The summed E-state index contributed by atoms with van der Waals surface area (Å²) in [6.07, 6.45) is 0.970. The number of benzene rings is 2. The van der Waals surface area contributed by atoms with E-state index in [0.717, 1.165) is 19.5 Å². The molecule has 1 amide bonds.